The van der Waals surface area contributed by atoms with Crippen molar-refractivity contribution >= 4 is 11.9 Å². The average molecular weight is 399 g/mol. The molecule has 154 valence electrons. The molecule has 1 fully saturated rings. The molecule has 0 spiro atoms. The minimum Gasteiger partial charge on any atom is -0.508 e. The third kappa shape index (κ3) is 4.05. The number of aryl methyl sites for hydroxylation is 1. The van der Waals surface area contributed by atoms with Crippen LogP contribution in [0, 0.1) is 12.3 Å². The highest BCUT2D eigenvalue weighted by molar-refractivity contribution is 5.96. The molecule has 7 nitrogen and oxygen atoms in total. The van der Waals surface area contributed by atoms with E-state index in [2.05, 4.69) is 0 Å². The topological polar surface area (TPSA) is 107 Å². The van der Waals surface area contributed by atoms with E-state index in [1.54, 1.807) is 37.3 Å². The second kappa shape index (κ2) is 8.13. The number of phenolic OH excluding ortho intramolecular Hbond substituents is 1. The van der Waals surface area contributed by atoms with E-state index >= 15 is 0 Å². The molecule has 1 heterocycles. The van der Waals surface area contributed by atoms with E-state index in [1.807, 2.05) is 0 Å². The molecule has 1 saturated heterocycles. The lowest BCUT2D eigenvalue weighted by Crippen LogP contribution is -2.58. The molecule has 0 unspecified atom stereocenters. The number of aliphatic hydroxyl groups excluding tert-OH is 1. The van der Waals surface area contributed by atoms with Crippen LogP contribution in [0.4, 0.5) is 0 Å². The minimum atomic E-state index is -1.54. The first-order valence-electron chi connectivity index (χ1n) is 9.40. The molecule has 1 aliphatic rings. The van der Waals surface area contributed by atoms with Gasteiger partial charge in [0.15, 0.2) is 0 Å². The second-order valence-electron chi connectivity index (χ2n) is 7.52. The number of nitrogens with zero attached hydrogens (tertiary/aromatic N) is 1. The molecule has 3 N–H and O–H groups in total. The molecule has 0 bridgehead atoms. The molecule has 0 radical (unpaired) electrons. The van der Waals surface area contributed by atoms with Gasteiger partial charge in [-0.1, -0.05) is 18.2 Å². The van der Waals surface area contributed by atoms with Crippen molar-refractivity contribution in [2.75, 3.05) is 20.2 Å². The van der Waals surface area contributed by atoms with Gasteiger partial charge in [-0.3, -0.25) is 9.59 Å². The van der Waals surface area contributed by atoms with Crippen molar-refractivity contribution in [3.8, 4) is 11.5 Å². The van der Waals surface area contributed by atoms with Crippen LogP contribution in [0.25, 0.3) is 0 Å². The number of likely N-dealkylation sites (tertiary alicyclic amines) is 1. The lowest BCUT2D eigenvalue weighted by Gasteiger charge is -2.43. The second-order valence-corrected chi connectivity index (χ2v) is 7.52. The summed E-state index contributed by atoms with van der Waals surface area (Å²) in [6.45, 7) is 1.86. The number of aliphatic hydroxyl groups is 1. The maximum Gasteiger partial charge on any atom is 0.314 e. The number of amides is 1. The van der Waals surface area contributed by atoms with Crippen molar-refractivity contribution in [2.45, 2.75) is 25.9 Å². The Bertz CT molecular complexity index is 927. The van der Waals surface area contributed by atoms with Crippen molar-refractivity contribution in [1.82, 2.24) is 4.90 Å². The Morgan fingerprint density at radius 3 is 2.69 bits per heavy atom. The normalized spacial score (nSPS) is 21.6. The zero-order valence-corrected chi connectivity index (χ0v) is 16.5. The maximum atomic E-state index is 13.1. The fourth-order valence-corrected chi connectivity index (χ4v) is 3.87. The zero-order chi connectivity index (χ0) is 21.2. The van der Waals surface area contributed by atoms with E-state index in [9.17, 15) is 24.9 Å². The van der Waals surface area contributed by atoms with E-state index in [1.165, 1.54) is 24.1 Å². The van der Waals surface area contributed by atoms with Crippen LogP contribution >= 0.6 is 0 Å². The molecular weight excluding hydrogens is 374 g/mol. The standard InChI is InChI=1S/C22H25NO6/c1-14-6-7-16(24)11-18(14)20(26)23-9-8-19(25)22(13-23,21(27)28)12-15-4-3-5-17(10-15)29-2/h3-7,10-11,19,24-25H,8-9,12-13H2,1-2H3,(H,27,28)/t19-,22-/m1/s1. The lowest BCUT2D eigenvalue weighted by atomic mass is 9.72. The molecule has 0 saturated carbocycles. The number of carboxylic acids is 1. The summed E-state index contributed by atoms with van der Waals surface area (Å²) in [5, 5.41) is 30.4. The molecule has 0 aromatic heterocycles. The maximum absolute atomic E-state index is 13.1. The number of phenols is 1. The van der Waals surface area contributed by atoms with Gasteiger partial charge >= 0.3 is 5.97 Å². The molecule has 29 heavy (non-hydrogen) atoms. The van der Waals surface area contributed by atoms with Gasteiger partial charge in [-0.2, -0.15) is 0 Å². The quantitative estimate of drug-likeness (QED) is 0.712. The van der Waals surface area contributed by atoms with Gasteiger partial charge in [0, 0.05) is 18.7 Å². The number of carboxylic acid groups (broad SMARTS) is 1. The van der Waals surface area contributed by atoms with Crippen molar-refractivity contribution in [3.05, 3.63) is 59.2 Å². The molecule has 1 aliphatic heterocycles. The third-order valence-corrected chi connectivity index (χ3v) is 5.60. The van der Waals surface area contributed by atoms with Crippen molar-refractivity contribution < 1.29 is 29.6 Å². The number of carbonyl (C=O) groups excluding carboxylic acids is 1. The fourth-order valence-electron chi connectivity index (χ4n) is 3.87. The van der Waals surface area contributed by atoms with Gasteiger partial charge in [0.05, 0.1) is 13.2 Å². The summed E-state index contributed by atoms with van der Waals surface area (Å²) in [4.78, 5) is 26.8. The Morgan fingerprint density at radius 2 is 2.00 bits per heavy atom. The first-order valence-corrected chi connectivity index (χ1v) is 9.40. The third-order valence-electron chi connectivity index (χ3n) is 5.60. The van der Waals surface area contributed by atoms with Crippen molar-refractivity contribution in [1.29, 1.82) is 0 Å². The summed E-state index contributed by atoms with van der Waals surface area (Å²) in [7, 11) is 1.53. The SMILES string of the molecule is COc1cccc(C[C@@]2(C(=O)O)CN(C(=O)c3cc(O)ccc3C)CC[C@H]2O)c1. The van der Waals surface area contributed by atoms with Crippen LogP contribution in [0.5, 0.6) is 11.5 Å². The summed E-state index contributed by atoms with van der Waals surface area (Å²) >= 11 is 0. The van der Waals surface area contributed by atoms with Crippen LogP contribution in [0.1, 0.15) is 27.9 Å². The first-order chi connectivity index (χ1) is 13.8. The molecule has 0 aliphatic carbocycles. The molecular formula is C22H25NO6. The Labute approximate surface area is 169 Å². The number of benzene rings is 2. The molecule has 1 amide bonds. The Hall–Kier alpha value is -3.06. The molecule has 3 rings (SSSR count). The highest BCUT2D eigenvalue weighted by Crippen LogP contribution is 2.36. The number of hydrogen-bond donors (Lipinski definition) is 3. The van der Waals surface area contributed by atoms with E-state index in [4.69, 9.17) is 4.74 Å². The summed E-state index contributed by atoms with van der Waals surface area (Å²) in [6.07, 6.45) is -0.885. The van der Waals surface area contributed by atoms with Gasteiger partial charge in [0.25, 0.3) is 5.91 Å². The molecule has 7 heteroatoms. The predicted molar refractivity (Wildman–Crippen MR) is 106 cm³/mol. The Morgan fingerprint density at radius 1 is 1.24 bits per heavy atom. The zero-order valence-electron chi connectivity index (χ0n) is 16.5. The number of aliphatic carboxylic acids is 1. The minimum absolute atomic E-state index is 0.0307. The van der Waals surface area contributed by atoms with E-state index in [0.29, 0.717) is 22.4 Å². The number of hydrogen-bond acceptors (Lipinski definition) is 5. The van der Waals surface area contributed by atoms with Crippen molar-refractivity contribution in [3.63, 3.8) is 0 Å². The van der Waals surface area contributed by atoms with Gasteiger partial charge in [-0.05, 0) is 55.2 Å². The number of rotatable bonds is 5. The largest absolute Gasteiger partial charge is 0.508 e. The average Bonchev–Trinajstić information content (AvgIpc) is 2.71. The van der Waals surface area contributed by atoms with Crippen LogP contribution < -0.4 is 4.74 Å². The van der Waals surface area contributed by atoms with Gasteiger partial charge in [-0.15, -0.1) is 0 Å². The van der Waals surface area contributed by atoms with E-state index in [-0.39, 0.29) is 37.6 Å². The summed E-state index contributed by atoms with van der Waals surface area (Å²) in [5.74, 6) is -0.951. The Balaban J connectivity index is 1.93. The molecule has 2 aromatic rings. The summed E-state index contributed by atoms with van der Waals surface area (Å²) < 4.78 is 5.21. The monoisotopic (exact) mass is 399 g/mol. The summed E-state index contributed by atoms with van der Waals surface area (Å²) in [6, 6.07) is 11.6. The number of carbonyl (C=O) groups is 2. The van der Waals surface area contributed by atoms with Gasteiger partial charge in [-0.25, -0.2) is 0 Å². The number of ether oxygens (including phenoxy) is 1. The van der Waals surface area contributed by atoms with Gasteiger partial charge in [0.2, 0.25) is 0 Å². The fraction of sp³-hybridized carbons (Fsp3) is 0.364. The number of methoxy groups -OCH3 is 1. The van der Waals surface area contributed by atoms with E-state index < -0.39 is 17.5 Å². The van der Waals surface area contributed by atoms with Crippen LogP contribution in [0.3, 0.4) is 0 Å². The van der Waals surface area contributed by atoms with Crippen LogP contribution in [0.2, 0.25) is 0 Å². The highest BCUT2D eigenvalue weighted by atomic mass is 16.5. The van der Waals surface area contributed by atoms with Crippen LogP contribution in [-0.2, 0) is 11.2 Å². The molecule has 2 aromatic carbocycles. The lowest BCUT2D eigenvalue weighted by molar-refractivity contribution is -0.161. The highest BCUT2D eigenvalue weighted by Gasteiger charge is 2.50. The predicted octanol–water partition coefficient (Wildman–Crippen LogP) is 2.23. The smallest absolute Gasteiger partial charge is 0.314 e. The first kappa shape index (κ1) is 20.7. The summed E-state index contributed by atoms with van der Waals surface area (Å²) in [5.41, 5.74) is 0.175. The van der Waals surface area contributed by atoms with Crippen molar-refractivity contribution in [2.24, 2.45) is 5.41 Å². The Kier molecular flexibility index (Phi) is 5.79. The van der Waals surface area contributed by atoms with Gasteiger partial charge < -0.3 is 25.0 Å². The number of aromatic hydroxyl groups is 1. The van der Waals surface area contributed by atoms with Gasteiger partial charge in [0.1, 0.15) is 16.9 Å². The van der Waals surface area contributed by atoms with Crippen LogP contribution in [-0.4, -0.2) is 58.4 Å². The number of piperidine rings is 1. The van der Waals surface area contributed by atoms with E-state index in [0.717, 1.165) is 0 Å². The molecule has 2 atom stereocenters. The van der Waals surface area contributed by atoms with Crippen LogP contribution in [0.15, 0.2) is 42.5 Å².